The fourth-order valence-electron chi connectivity index (χ4n) is 2.41. The number of carbonyl (C=O) groups excluding carboxylic acids is 3. The predicted octanol–water partition coefficient (Wildman–Crippen LogP) is 2.58. The van der Waals surface area contributed by atoms with Gasteiger partial charge in [0, 0.05) is 6.42 Å². The van der Waals surface area contributed by atoms with Crippen LogP contribution >= 0.6 is 0 Å². The van der Waals surface area contributed by atoms with Gasteiger partial charge in [-0.1, -0.05) is 6.07 Å². The summed E-state index contributed by atoms with van der Waals surface area (Å²) in [6.45, 7) is 1.94. The van der Waals surface area contributed by atoms with Crippen LogP contribution in [0.15, 0.2) is 24.3 Å². The molecule has 1 fully saturated rings. The van der Waals surface area contributed by atoms with Crippen molar-refractivity contribution in [2.24, 2.45) is 0 Å². The summed E-state index contributed by atoms with van der Waals surface area (Å²) in [5.74, 6) is 0.0843. The molecule has 4 amide bonds. The molecule has 3 N–H and O–H groups in total. The lowest BCUT2D eigenvalue weighted by atomic mass is 10.2. The van der Waals surface area contributed by atoms with E-state index in [4.69, 9.17) is 0 Å². The van der Waals surface area contributed by atoms with E-state index in [1.54, 1.807) is 0 Å². The summed E-state index contributed by atoms with van der Waals surface area (Å²) in [6, 6.07) is 2.27. The van der Waals surface area contributed by atoms with Crippen LogP contribution in [0, 0.1) is 0 Å². The van der Waals surface area contributed by atoms with Crippen molar-refractivity contribution in [3.05, 3.63) is 29.8 Å². The number of hydrogen-bond donors (Lipinski definition) is 3. The van der Waals surface area contributed by atoms with Crippen LogP contribution in [0.4, 0.5) is 28.4 Å². The molecular formula is C16H19F3N4O3. The highest BCUT2D eigenvalue weighted by atomic mass is 19.4. The summed E-state index contributed by atoms with van der Waals surface area (Å²) in [6.07, 6.45) is -3.63. The van der Waals surface area contributed by atoms with Crippen LogP contribution < -0.4 is 20.9 Å². The first-order valence-corrected chi connectivity index (χ1v) is 7.99. The zero-order chi connectivity index (χ0) is 19.3. The second kappa shape index (κ2) is 8.17. The van der Waals surface area contributed by atoms with Crippen molar-refractivity contribution in [3.63, 3.8) is 0 Å². The molecule has 1 aliphatic heterocycles. The minimum atomic E-state index is -4.58. The maximum atomic E-state index is 12.8. The molecule has 0 spiro atoms. The molecule has 10 heteroatoms. The lowest BCUT2D eigenvalue weighted by molar-refractivity contribution is -0.137. The molecule has 0 unspecified atom stereocenters. The number of halogens is 3. The van der Waals surface area contributed by atoms with E-state index in [1.165, 1.54) is 13.0 Å². The molecule has 0 aromatic heterocycles. The Morgan fingerprint density at radius 1 is 1.19 bits per heavy atom. The molecule has 0 aliphatic carbocycles. The quantitative estimate of drug-likeness (QED) is 0.642. The van der Waals surface area contributed by atoms with Gasteiger partial charge in [0.15, 0.2) is 6.29 Å². The molecular weight excluding hydrogens is 353 g/mol. The van der Waals surface area contributed by atoms with E-state index in [9.17, 15) is 27.6 Å². The minimum Gasteiger partial charge on any atom is -0.304 e. The number of nitrogens with zero attached hydrogens (tertiary/aromatic N) is 1. The summed E-state index contributed by atoms with van der Waals surface area (Å²) in [5, 5.41) is 7.78. The lowest BCUT2D eigenvalue weighted by Crippen LogP contribution is -2.68. The predicted molar refractivity (Wildman–Crippen MR) is 87.3 cm³/mol. The number of amides is 4. The van der Waals surface area contributed by atoms with Gasteiger partial charge in [0.05, 0.1) is 11.3 Å². The van der Waals surface area contributed by atoms with Gasteiger partial charge >= 0.3 is 18.2 Å². The van der Waals surface area contributed by atoms with Crippen molar-refractivity contribution in [1.82, 2.24) is 16.0 Å². The van der Waals surface area contributed by atoms with E-state index in [0.717, 1.165) is 18.2 Å². The average Bonchev–Trinajstić information content (AvgIpc) is 2.53. The molecule has 1 aromatic carbocycles. The van der Waals surface area contributed by atoms with Gasteiger partial charge in [-0.25, -0.2) is 14.5 Å². The van der Waals surface area contributed by atoms with Gasteiger partial charge in [-0.3, -0.25) is 5.32 Å². The normalized spacial score (nSPS) is 15.6. The van der Waals surface area contributed by atoms with Gasteiger partial charge in [-0.2, -0.15) is 13.2 Å². The highest BCUT2D eigenvalue weighted by Crippen LogP contribution is 2.31. The van der Waals surface area contributed by atoms with Gasteiger partial charge in [0.25, 0.3) is 0 Å². The zero-order valence-corrected chi connectivity index (χ0v) is 14.0. The Morgan fingerprint density at radius 3 is 2.42 bits per heavy atom. The summed E-state index contributed by atoms with van der Waals surface area (Å²) >= 11 is 0. The molecule has 26 heavy (non-hydrogen) atoms. The van der Waals surface area contributed by atoms with Crippen LogP contribution in [0.25, 0.3) is 0 Å². The smallest absolute Gasteiger partial charge is 0.304 e. The van der Waals surface area contributed by atoms with E-state index in [1.807, 2.05) is 0 Å². The number of alkyl halides is 3. The Morgan fingerprint density at radius 2 is 1.85 bits per heavy atom. The van der Waals surface area contributed by atoms with Crippen molar-refractivity contribution < 1.29 is 27.6 Å². The lowest BCUT2D eigenvalue weighted by Gasteiger charge is -2.33. The monoisotopic (exact) mass is 372 g/mol. The van der Waals surface area contributed by atoms with E-state index in [2.05, 4.69) is 16.0 Å². The molecule has 7 nitrogen and oxygen atoms in total. The van der Waals surface area contributed by atoms with E-state index in [-0.39, 0.29) is 11.5 Å². The Hall–Kier alpha value is -2.62. The minimum absolute atomic E-state index is 0.0843. The Labute approximate surface area is 147 Å². The highest BCUT2D eigenvalue weighted by molar-refractivity contribution is 6.15. The second-order valence-electron chi connectivity index (χ2n) is 5.83. The number of benzene rings is 1. The van der Waals surface area contributed by atoms with Crippen LogP contribution in [0.1, 0.15) is 31.7 Å². The molecule has 142 valence electrons. The Bertz CT molecular complexity index is 676. The summed E-state index contributed by atoms with van der Waals surface area (Å²) in [4.78, 5) is 35.7. The van der Waals surface area contributed by atoms with Crippen molar-refractivity contribution >= 4 is 23.5 Å². The third-order valence-corrected chi connectivity index (χ3v) is 3.68. The SMILES string of the molecule is CC(=O)CCCCNC1NC(=O)N(c2cccc(C(F)(F)F)c2)C(=O)N1. The zero-order valence-electron chi connectivity index (χ0n) is 14.0. The van der Waals surface area contributed by atoms with Crippen LogP contribution in [0.5, 0.6) is 0 Å². The molecule has 0 bridgehead atoms. The highest BCUT2D eigenvalue weighted by Gasteiger charge is 2.35. The molecule has 0 saturated carbocycles. The van der Waals surface area contributed by atoms with E-state index >= 15 is 0 Å². The van der Waals surface area contributed by atoms with E-state index in [0.29, 0.717) is 30.7 Å². The van der Waals surface area contributed by atoms with Gasteiger partial charge < -0.3 is 15.4 Å². The molecule has 1 saturated heterocycles. The van der Waals surface area contributed by atoms with Crippen molar-refractivity contribution in [2.45, 2.75) is 38.7 Å². The van der Waals surface area contributed by atoms with Gasteiger partial charge in [-0.05, 0) is 44.5 Å². The van der Waals surface area contributed by atoms with Crippen molar-refractivity contribution in [2.75, 3.05) is 11.4 Å². The fourth-order valence-corrected chi connectivity index (χ4v) is 2.41. The summed E-state index contributed by atoms with van der Waals surface area (Å²) in [7, 11) is 0. The Balaban J connectivity index is 1.96. The molecule has 1 heterocycles. The Kier molecular flexibility index (Phi) is 6.19. The third kappa shape index (κ3) is 5.19. The number of Topliss-reactive ketones (excluding diaryl/α,β-unsaturated/α-hetero) is 1. The first-order chi connectivity index (χ1) is 12.2. The molecule has 1 aromatic rings. The van der Waals surface area contributed by atoms with Crippen LogP contribution in [0.3, 0.4) is 0 Å². The van der Waals surface area contributed by atoms with Crippen LogP contribution in [-0.4, -0.2) is 30.7 Å². The number of anilines is 1. The molecule has 0 radical (unpaired) electrons. The number of ketones is 1. The number of nitrogens with one attached hydrogen (secondary N) is 3. The van der Waals surface area contributed by atoms with Gasteiger partial charge in [-0.15, -0.1) is 0 Å². The number of rotatable bonds is 7. The molecule has 1 aliphatic rings. The maximum absolute atomic E-state index is 12.8. The topological polar surface area (TPSA) is 90.5 Å². The van der Waals surface area contributed by atoms with Crippen LogP contribution in [0.2, 0.25) is 0 Å². The van der Waals surface area contributed by atoms with Gasteiger partial charge in [0.2, 0.25) is 0 Å². The second-order valence-corrected chi connectivity index (χ2v) is 5.83. The average molecular weight is 372 g/mol. The summed E-state index contributed by atoms with van der Waals surface area (Å²) < 4.78 is 38.4. The number of unbranched alkanes of at least 4 members (excludes halogenated alkanes) is 1. The maximum Gasteiger partial charge on any atom is 0.416 e. The number of hydrogen-bond acceptors (Lipinski definition) is 4. The largest absolute Gasteiger partial charge is 0.416 e. The van der Waals surface area contributed by atoms with Crippen molar-refractivity contribution in [1.29, 1.82) is 0 Å². The van der Waals surface area contributed by atoms with Crippen LogP contribution in [-0.2, 0) is 11.0 Å². The summed E-state index contributed by atoms with van der Waals surface area (Å²) in [5.41, 5.74) is -1.14. The van der Waals surface area contributed by atoms with Gasteiger partial charge in [0.1, 0.15) is 5.78 Å². The molecule has 2 rings (SSSR count). The first-order valence-electron chi connectivity index (χ1n) is 7.99. The molecule has 0 atom stereocenters. The third-order valence-electron chi connectivity index (χ3n) is 3.68. The fraction of sp³-hybridized carbons (Fsp3) is 0.438. The number of urea groups is 2. The number of carbonyl (C=O) groups is 3. The van der Waals surface area contributed by atoms with E-state index < -0.39 is 30.1 Å². The van der Waals surface area contributed by atoms with Crippen molar-refractivity contribution in [3.8, 4) is 0 Å². The first kappa shape index (κ1) is 19.7. The standard InChI is InChI=1S/C16H19F3N4O3/c1-10(24)5-2-3-8-20-13-21-14(25)23(15(26)22-13)12-7-4-6-11(9-12)16(17,18)19/h4,6-7,9,13,20H,2-3,5,8H2,1H3,(H,21,25)(H,22,26). The number of imide groups is 1.